The molecule has 1 aromatic carbocycles. The van der Waals surface area contributed by atoms with E-state index in [9.17, 15) is 4.79 Å². The van der Waals surface area contributed by atoms with E-state index in [0.717, 1.165) is 30.6 Å². The first-order chi connectivity index (χ1) is 10.2. The van der Waals surface area contributed by atoms with Gasteiger partial charge in [-0.1, -0.05) is 30.3 Å². The molecular formula is C17H21Cl2N3O. The van der Waals surface area contributed by atoms with Crippen molar-refractivity contribution >= 4 is 30.7 Å². The lowest BCUT2D eigenvalue weighted by Gasteiger charge is -2.30. The first-order valence-corrected chi connectivity index (χ1v) is 7.22. The van der Waals surface area contributed by atoms with E-state index in [4.69, 9.17) is 0 Å². The number of carbonyl (C=O) groups is 1. The van der Waals surface area contributed by atoms with Gasteiger partial charge in [-0.05, 0) is 29.2 Å². The van der Waals surface area contributed by atoms with E-state index in [-0.39, 0.29) is 36.8 Å². The Balaban J connectivity index is 0.00000132. The van der Waals surface area contributed by atoms with E-state index in [1.165, 1.54) is 5.56 Å². The average molecular weight is 354 g/mol. The minimum Gasteiger partial charge on any atom is -0.343 e. The van der Waals surface area contributed by atoms with Gasteiger partial charge in [-0.25, -0.2) is 0 Å². The highest BCUT2D eigenvalue weighted by atomic mass is 35.5. The Bertz CT molecular complexity index is 619. The van der Waals surface area contributed by atoms with Gasteiger partial charge in [-0.2, -0.15) is 0 Å². The minimum absolute atomic E-state index is 0. The Hall–Kier alpha value is -1.62. The summed E-state index contributed by atoms with van der Waals surface area (Å²) in [5.74, 6) is 0.178. The van der Waals surface area contributed by atoms with Crippen LogP contribution in [0.5, 0.6) is 0 Å². The molecule has 1 amide bonds. The van der Waals surface area contributed by atoms with Crippen LogP contribution in [0.15, 0.2) is 48.8 Å². The van der Waals surface area contributed by atoms with Gasteiger partial charge in [0.2, 0.25) is 5.91 Å². The molecule has 0 spiro atoms. The maximum Gasteiger partial charge on any atom is 0.239 e. The summed E-state index contributed by atoms with van der Waals surface area (Å²) >= 11 is 0. The van der Waals surface area contributed by atoms with Crippen molar-refractivity contribution in [1.82, 2.24) is 15.2 Å². The predicted molar refractivity (Wildman–Crippen MR) is 97.3 cm³/mol. The fourth-order valence-electron chi connectivity index (χ4n) is 2.63. The number of amides is 1. The van der Waals surface area contributed by atoms with Crippen LogP contribution < -0.4 is 5.32 Å². The Morgan fingerprint density at radius 2 is 1.91 bits per heavy atom. The Morgan fingerprint density at radius 1 is 1.17 bits per heavy atom. The smallest absolute Gasteiger partial charge is 0.239 e. The molecule has 1 N–H and O–H groups in total. The van der Waals surface area contributed by atoms with Crippen LogP contribution in [0.25, 0.3) is 11.1 Å². The summed E-state index contributed by atoms with van der Waals surface area (Å²) in [6, 6.07) is 12.2. The molecule has 1 aliphatic heterocycles. The number of hydrogen-bond donors (Lipinski definition) is 1. The summed E-state index contributed by atoms with van der Waals surface area (Å²) in [5.41, 5.74) is 3.42. The van der Waals surface area contributed by atoms with Crippen LogP contribution in [-0.2, 0) is 11.2 Å². The van der Waals surface area contributed by atoms with Gasteiger partial charge in [-0.15, -0.1) is 24.8 Å². The number of piperazine rings is 1. The lowest BCUT2D eigenvalue weighted by molar-refractivity contribution is -0.134. The van der Waals surface area contributed by atoms with E-state index in [2.05, 4.69) is 34.6 Å². The number of nitrogens with one attached hydrogen (secondary N) is 1. The van der Waals surface area contributed by atoms with Crippen LogP contribution >= 0.6 is 24.8 Å². The summed E-state index contributed by atoms with van der Waals surface area (Å²) in [5, 5.41) is 3.29. The molecule has 1 unspecified atom stereocenters. The standard InChI is InChI=1S/C17H19N3O.2ClH/c1-20-10-9-19-16(17(20)21)11-13-4-6-14(7-5-13)15-3-2-8-18-12-15;;/h2-8,12,16,19H,9-11H2,1H3;2*1H. The van der Waals surface area contributed by atoms with Crippen LogP contribution in [0.2, 0.25) is 0 Å². The molecule has 1 atom stereocenters. The van der Waals surface area contributed by atoms with Crippen LogP contribution in [0.3, 0.4) is 0 Å². The quantitative estimate of drug-likeness (QED) is 0.922. The largest absolute Gasteiger partial charge is 0.343 e. The molecule has 1 aliphatic rings. The average Bonchev–Trinajstić information content (AvgIpc) is 2.53. The number of pyridine rings is 1. The fraction of sp³-hybridized carbons (Fsp3) is 0.294. The maximum atomic E-state index is 12.1. The molecule has 4 nitrogen and oxygen atoms in total. The van der Waals surface area contributed by atoms with Gasteiger partial charge in [0.05, 0.1) is 6.04 Å². The Kier molecular flexibility index (Phi) is 7.49. The van der Waals surface area contributed by atoms with E-state index in [0.29, 0.717) is 0 Å². The molecule has 0 radical (unpaired) electrons. The van der Waals surface area contributed by atoms with E-state index in [1.807, 2.05) is 25.4 Å². The molecule has 0 saturated carbocycles. The highest BCUT2D eigenvalue weighted by Crippen LogP contribution is 2.19. The molecule has 1 aromatic heterocycles. The second-order valence-corrected chi connectivity index (χ2v) is 5.41. The number of likely N-dealkylation sites (N-methyl/N-ethyl adjacent to an activating group) is 1. The van der Waals surface area contributed by atoms with Crippen LogP contribution in [0, 0.1) is 0 Å². The number of rotatable bonds is 3. The molecular weight excluding hydrogens is 333 g/mol. The van der Waals surface area contributed by atoms with Crippen molar-refractivity contribution in [1.29, 1.82) is 0 Å². The van der Waals surface area contributed by atoms with Gasteiger partial charge in [0.1, 0.15) is 0 Å². The summed E-state index contributed by atoms with van der Waals surface area (Å²) in [4.78, 5) is 18.0. The Morgan fingerprint density at radius 3 is 2.57 bits per heavy atom. The van der Waals surface area contributed by atoms with Gasteiger partial charge < -0.3 is 10.2 Å². The highest BCUT2D eigenvalue weighted by molar-refractivity contribution is 5.85. The number of nitrogens with zero attached hydrogens (tertiary/aromatic N) is 2. The van der Waals surface area contributed by atoms with Crippen molar-refractivity contribution in [3.05, 3.63) is 54.4 Å². The molecule has 0 bridgehead atoms. The zero-order valence-corrected chi connectivity index (χ0v) is 14.6. The highest BCUT2D eigenvalue weighted by Gasteiger charge is 2.25. The topological polar surface area (TPSA) is 45.2 Å². The predicted octanol–water partition coefficient (Wildman–Crippen LogP) is 2.56. The van der Waals surface area contributed by atoms with Crippen molar-refractivity contribution in [3.8, 4) is 11.1 Å². The maximum absolute atomic E-state index is 12.1. The van der Waals surface area contributed by atoms with Crippen molar-refractivity contribution in [3.63, 3.8) is 0 Å². The number of hydrogen-bond acceptors (Lipinski definition) is 3. The lowest BCUT2D eigenvalue weighted by atomic mass is 10.00. The van der Waals surface area contributed by atoms with Crippen LogP contribution in [0.4, 0.5) is 0 Å². The number of benzene rings is 1. The second kappa shape index (κ2) is 8.87. The van der Waals surface area contributed by atoms with E-state index < -0.39 is 0 Å². The minimum atomic E-state index is -0.104. The van der Waals surface area contributed by atoms with Gasteiger partial charge in [0.25, 0.3) is 0 Å². The zero-order valence-electron chi connectivity index (χ0n) is 12.9. The summed E-state index contributed by atoms with van der Waals surface area (Å²) < 4.78 is 0. The van der Waals surface area contributed by atoms with Crippen molar-refractivity contribution in [2.45, 2.75) is 12.5 Å². The molecule has 23 heavy (non-hydrogen) atoms. The molecule has 1 fully saturated rings. The zero-order chi connectivity index (χ0) is 14.7. The summed E-state index contributed by atoms with van der Waals surface area (Å²) in [6.45, 7) is 1.65. The van der Waals surface area contributed by atoms with Crippen molar-refractivity contribution in [2.24, 2.45) is 0 Å². The molecule has 0 aliphatic carbocycles. The normalized spacial score (nSPS) is 17.2. The molecule has 6 heteroatoms. The molecule has 124 valence electrons. The third-order valence-corrected chi connectivity index (χ3v) is 3.90. The van der Waals surface area contributed by atoms with E-state index in [1.54, 1.807) is 11.1 Å². The third kappa shape index (κ3) is 4.67. The monoisotopic (exact) mass is 353 g/mol. The number of carbonyl (C=O) groups excluding carboxylic acids is 1. The van der Waals surface area contributed by atoms with Gasteiger partial charge >= 0.3 is 0 Å². The Labute approximate surface area is 149 Å². The van der Waals surface area contributed by atoms with Gasteiger partial charge in [-0.3, -0.25) is 9.78 Å². The third-order valence-electron chi connectivity index (χ3n) is 3.90. The number of aromatic nitrogens is 1. The van der Waals surface area contributed by atoms with Crippen molar-refractivity contribution < 1.29 is 4.79 Å². The van der Waals surface area contributed by atoms with E-state index >= 15 is 0 Å². The molecule has 3 rings (SSSR count). The lowest BCUT2D eigenvalue weighted by Crippen LogP contribution is -2.54. The van der Waals surface area contributed by atoms with Gasteiger partial charge in [0, 0.05) is 32.5 Å². The molecule has 1 saturated heterocycles. The first-order valence-electron chi connectivity index (χ1n) is 7.22. The van der Waals surface area contributed by atoms with Crippen molar-refractivity contribution in [2.75, 3.05) is 20.1 Å². The summed E-state index contributed by atoms with van der Waals surface area (Å²) in [6.07, 6.45) is 4.36. The SMILES string of the molecule is CN1CCNC(Cc2ccc(-c3cccnc3)cc2)C1=O.Cl.Cl. The molecule has 2 aromatic rings. The first kappa shape index (κ1) is 19.4. The second-order valence-electron chi connectivity index (χ2n) is 5.41. The van der Waals surface area contributed by atoms with Crippen LogP contribution in [0.1, 0.15) is 5.56 Å². The summed E-state index contributed by atoms with van der Waals surface area (Å²) in [7, 11) is 1.86. The van der Waals surface area contributed by atoms with Gasteiger partial charge in [0.15, 0.2) is 0 Å². The van der Waals surface area contributed by atoms with Crippen LogP contribution in [-0.4, -0.2) is 42.0 Å². The molecule has 2 heterocycles. The fourth-order valence-corrected chi connectivity index (χ4v) is 2.63. The number of halogens is 2.